The van der Waals surface area contributed by atoms with Gasteiger partial charge >= 0.3 is 0 Å². The zero-order chi connectivity index (χ0) is 18.1. The van der Waals surface area contributed by atoms with Crippen LogP contribution in [0.25, 0.3) is 5.69 Å². The molecule has 4 rings (SSSR count). The summed E-state index contributed by atoms with van der Waals surface area (Å²) in [6.07, 6.45) is 1.65. The van der Waals surface area contributed by atoms with Crippen molar-refractivity contribution in [1.82, 2.24) is 20.3 Å². The Kier molecular flexibility index (Phi) is 4.47. The molecule has 6 heteroatoms. The van der Waals surface area contributed by atoms with E-state index >= 15 is 0 Å². The molecule has 0 fully saturated rings. The average Bonchev–Trinajstić information content (AvgIpc) is 3.06. The van der Waals surface area contributed by atoms with Gasteiger partial charge in [0.05, 0.1) is 11.4 Å². The Morgan fingerprint density at radius 1 is 1.27 bits per heavy atom. The molecule has 0 unspecified atom stereocenters. The molecule has 5 nitrogen and oxygen atoms in total. The van der Waals surface area contributed by atoms with Crippen molar-refractivity contribution in [3.8, 4) is 5.69 Å². The third kappa shape index (κ3) is 2.99. The Hall–Kier alpha value is -2.66. The van der Waals surface area contributed by atoms with E-state index in [-0.39, 0.29) is 5.91 Å². The van der Waals surface area contributed by atoms with Gasteiger partial charge in [0.15, 0.2) is 5.69 Å². The monoisotopic (exact) mass is 366 g/mol. The quantitative estimate of drug-likeness (QED) is 0.751. The highest BCUT2D eigenvalue weighted by Crippen LogP contribution is 2.34. The number of amides is 1. The molecule has 3 aromatic rings. The summed E-state index contributed by atoms with van der Waals surface area (Å²) in [5.74, 6) is 0.197. The lowest BCUT2D eigenvalue weighted by atomic mass is 9.77. The second kappa shape index (κ2) is 6.92. The van der Waals surface area contributed by atoms with Gasteiger partial charge in [0, 0.05) is 17.5 Å². The van der Waals surface area contributed by atoms with Gasteiger partial charge in [-0.15, -0.1) is 5.10 Å². The molecule has 1 aromatic heterocycles. The summed E-state index contributed by atoms with van der Waals surface area (Å²) in [7, 11) is 0. The fourth-order valence-electron chi connectivity index (χ4n) is 3.45. The summed E-state index contributed by atoms with van der Waals surface area (Å²) in [5, 5.41) is 11.9. The number of hydrogen-bond acceptors (Lipinski definition) is 3. The fraction of sp³-hybridized carbons (Fsp3) is 0.250. The van der Waals surface area contributed by atoms with Crippen molar-refractivity contribution in [2.45, 2.75) is 25.7 Å². The number of carbonyl (C=O) groups is 1. The van der Waals surface area contributed by atoms with Crippen molar-refractivity contribution < 1.29 is 4.79 Å². The van der Waals surface area contributed by atoms with Crippen molar-refractivity contribution in [2.75, 3.05) is 6.54 Å². The van der Waals surface area contributed by atoms with Gasteiger partial charge in [-0.1, -0.05) is 54.1 Å². The number of aromatic nitrogens is 3. The first kappa shape index (κ1) is 16.8. The zero-order valence-corrected chi connectivity index (χ0v) is 15.2. The zero-order valence-electron chi connectivity index (χ0n) is 14.4. The highest BCUT2D eigenvalue weighted by atomic mass is 35.5. The molecule has 1 heterocycles. The Morgan fingerprint density at radius 2 is 2.12 bits per heavy atom. The van der Waals surface area contributed by atoms with E-state index in [0.29, 0.717) is 29.6 Å². The molecule has 0 spiro atoms. The molecule has 0 aliphatic heterocycles. The van der Waals surface area contributed by atoms with E-state index in [1.807, 2.05) is 31.2 Å². The number of rotatable bonds is 5. The lowest BCUT2D eigenvalue weighted by Crippen LogP contribution is -2.33. The number of halogens is 1. The number of hydrogen-bond donors (Lipinski definition) is 1. The Balaban J connectivity index is 1.50. The number of benzene rings is 2. The fourth-order valence-corrected chi connectivity index (χ4v) is 3.64. The highest BCUT2D eigenvalue weighted by Gasteiger charge is 2.27. The van der Waals surface area contributed by atoms with E-state index < -0.39 is 0 Å². The van der Waals surface area contributed by atoms with E-state index in [1.54, 1.807) is 10.7 Å². The van der Waals surface area contributed by atoms with Gasteiger partial charge in [0.25, 0.3) is 5.91 Å². The van der Waals surface area contributed by atoms with Gasteiger partial charge in [-0.2, -0.15) is 0 Å². The molecule has 0 radical (unpaired) electrons. The van der Waals surface area contributed by atoms with Crippen molar-refractivity contribution in [3.05, 3.63) is 76.1 Å². The Bertz CT molecular complexity index is 966. The standard InChI is InChI=1S/C20H19ClN4O/c1-2-18-19(23-24-25(18)16-8-5-7-15(21)11-16)20(26)22-12-14-10-13-6-3-4-9-17(13)14/h3-9,11,14H,2,10,12H2,1H3,(H,22,26)/t14-/m1/s1. The molecule has 1 aliphatic carbocycles. The number of nitrogens with zero attached hydrogens (tertiary/aromatic N) is 3. The van der Waals surface area contributed by atoms with Crippen LogP contribution in [0.1, 0.15) is 40.2 Å². The van der Waals surface area contributed by atoms with E-state index in [0.717, 1.165) is 17.8 Å². The summed E-state index contributed by atoms with van der Waals surface area (Å²) >= 11 is 6.07. The first-order valence-electron chi connectivity index (χ1n) is 8.74. The second-order valence-electron chi connectivity index (χ2n) is 6.44. The van der Waals surface area contributed by atoms with Gasteiger partial charge in [-0.25, -0.2) is 4.68 Å². The van der Waals surface area contributed by atoms with Gasteiger partial charge in [0.1, 0.15) is 0 Å². The maximum Gasteiger partial charge on any atom is 0.273 e. The van der Waals surface area contributed by atoms with Crippen LogP contribution < -0.4 is 5.32 Å². The van der Waals surface area contributed by atoms with Gasteiger partial charge < -0.3 is 5.32 Å². The predicted molar refractivity (Wildman–Crippen MR) is 101 cm³/mol. The summed E-state index contributed by atoms with van der Waals surface area (Å²) in [5.41, 5.74) is 4.65. The maximum atomic E-state index is 12.6. The smallest absolute Gasteiger partial charge is 0.273 e. The second-order valence-corrected chi connectivity index (χ2v) is 6.88. The number of fused-ring (bicyclic) bond motifs is 1. The lowest BCUT2D eigenvalue weighted by molar-refractivity contribution is 0.0944. The van der Waals surface area contributed by atoms with Crippen LogP contribution in [-0.4, -0.2) is 27.4 Å². The minimum absolute atomic E-state index is 0.181. The van der Waals surface area contributed by atoms with E-state index in [4.69, 9.17) is 11.6 Å². The first-order valence-corrected chi connectivity index (χ1v) is 9.11. The summed E-state index contributed by atoms with van der Waals surface area (Å²) < 4.78 is 1.68. The summed E-state index contributed by atoms with van der Waals surface area (Å²) in [6.45, 7) is 2.60. The first-order chi connectivity index (χ1) is 12.7. The molecule has 0 saturated carbocycles. The third-order valence-corrected chi connectivity index (χ3v) is 5.07. The largest absolute Gasteiger partial charge is 0.350 e. The van der Waals surface area contributed by atoms with Crippen molar-refractivity contribution in [1.29, 1.82) is 0 Å². The minimum Gasteiger partial charge on any atom is -0.350 e. The molecular formula is C20H19ClN4O. The molecular weight excluding hydrogens is 348 g/mol. The average molecular weight is 367 g/mol. The van der Waals surface area contributed by atoms with Gasteiger partial charge in [-0.3, -0.25) is 4.79 Å². The molecule has 0 saturated heterocycles. The van der Waals surface area contributed by atoms with Crippen LogP contribution in [0.15, 0.2) is 48.5 Å². The number of nitrogens with one attached hydrogen (secondary N) is 1. The van der Waals surface area contributed by atoms with Crippen LogP contribution in [0.2, 0.25) is 5.02 Å². The van der Waals surface area contributed by atoms with E-state index in [2.05, 4.69) is 33.8 Å². The van der Waals surface area contributed by atoms with Crippen molar-refractivity contribution >= 4 is 17.5 Å². The Labute approximate surface area is 157 Å². The summed E-state index contributed by atoms with van der Waals surface area (Å²) in [4.78, 5) is 12.6. The Morgan fingerprint density at radius 3 is 2.88 bits per heavy atom. The SMILES string of the molecule is CCc1c(C(=O)NC[C@H]2Cc3ccccc32)nnn1-c1cccc(Cl)c1. The lowest BCUT2D eigenvalue weighted by Gasteiger charge is -2.30. The van der Waals surface area contributed by atoms with Crippen LogP contribution in [0.5, 0.6) is 0 Å². The van der Waals surface area contributed by atoms with Gasteiger partial charge in [0.2, 0.25) is 0 Å². The molecule has 1 N–H and O–H groups in total. The van der Waals surface area contributed by atoms with Crippen LogP contribution >= 0.6 is 11.6 Å². The molecule has 1 aliphatic rings. The van der Waals surface area contributed by atoms with Crippen molar-refractivity contribution in [3.63, 3.8) is 0 Å². The third-order valence-electron chi connectivity index (χ3n) is 4.84. The molecule has 132 valence electrons. The van der Waals surface area contributed by atoms with Crippen LogP contribution in [0, 0.1) is 0 Å². The predicted octanol–water partition coefficient (Wildman–Crippen LogP) is 3.55. The summed E-state index contributed by atoms with van der Waals surface area (Å²) in [6, 6.07) is 15.7. The minimum atomic E-state index is -0.181. The van der Waals surface area contributed by atoms with Crippen LogP contribution in [-0.2, 0) is 12.8 Å². The molecule has 1 atom stereocenters. The molecule has 1 amide bonds. The molecule has 2 aromatic carbocycles. The normalized spacial score (nSPS) is 15.2. The molecule has 26 heavy (non-hydrogen) atoms. The van der Waals surface area contributed by atoms with E-state index in [9.17, 15) is 4.79 Å². The van der Waals surface area contributed by atoms with Crippen LogP contribution in [0.4, 0.5) is 0 Å². The van der Waals surface area contributed by atoms with Gasteiger partial charge in [-0.05, 0) is 42.2 Å². The van der Waals surface area contributed by atoms with Crippen LogP contribution in [0.3, 0.4) is 0 Å². The van der Waals surface area contributed by atoms with E-state index in [1.165, 1.54) is 11.1 Å². The number of carbonyl (C=O) groups excluding carboxylic acids is 1. The molecule has 0 bridgehead atoms. The topological polar surface area (TPSA) is 59.8 Å². The van der Waals surface area contributed by atoms with Crippen molar-refractivity contribution in [2.24, 2.45) is 0 Å². The maximum absolute atomic E-state index is 12.6. The highest BCUT2D eigenvalue weighted by molar-refractivity contribution is 6.30.